The van der Waals surface area contributed by atoms with Crippen molar-refractivity contribution in [1.29, 1.82) is 0 Å². The topological polar surface area (TPSA) is 38.1 Å². The van der Waals surface area contributed by atoms with Crippen LogP contribution in [0.4, 0.5) is 8.78 Å². The van der Waals surface area contributed by atoms with Crippen LogP contribution in [-0.2, 0) is 0 Å². The highest BCUT2D eigenvalue weighted by Gasteiger charge is 2.24. The molecule has 0 N–H and O–H groups in total. The Morgan fingerprint density at radius 1 is 1.40 bits per heavy atom. The van der Waals surface area contributed by atoms with E-state index in [1.807, 2.05) is 0 Å². The first-order valence-electron chi connectivity index (χ1n) is 4.81. The minimum atomic E-state index is -2.76. The second kappa shape index (κ2) is 3.96. The summed E-state index contributed by atoms with van der Waals surface area (Å²) < 4.78 is 25.3. The van der Waals surface area contributed by atoms with Crippen molar-refractivity contribution in [2.75, 3.05) is 13.1 Å². The van der Waals surface area contributed by atoms with Crippen LogP contribution in [0.25, 0.3) is 0 Å². The van der Waals surface area contributed by atoms with Gasteiger partial charge in [0.2, 0.25) is 0 Å². The Labute approximate surface area is 85.5 Å². The molecule has 1 aromatic rings. The fourth-order valence-corrected chi connectivity index (χ4v) is 1.72. The van der Waals surface area contributed by atoms with Gasteiger partial charge in [0.05, 0.1) is 0 Å². The molecule has 0 atom stereocenters. The standard InChI is InChI=1S/C9H11F2N3O/c10-9(11)14-7(3-4-12-14)8(15)13-5-1-2-6-13/h3-4,9H,1-2,5-6H2. The summed E-state index contributed by atoms with van der Waals surface area (Å²) in [6.45, 7) is -1.47. The van der Waals surface area contributed by atoms with E-state index in [-0.39, 0.29) is 11.6 Å². The first-order chi connectivity index (χ1) is 7.20. The minimum Gasteiger partial charge on any atom is -0.337 e. The van der Waals surface area contributed by atoms with Crippen LogP contribution in [0, 0.1) is 0 Å². The predicted octanol–water partition coefficient (Wildman–Crippen LogP) is 1.51. The Kier molecular flexibility index (Phi) is 2.66. The summed E-state index contributed by atoms with van der Waals surface area (Å²) in [5.41, 5.74) is -0.0353. The second-order valence-electron chi connectivity index (χ2n) is 3.44. The molecule has 0 radical (unpaired) electrons. The lowest BCUT2D eigenvalue weighted by atomic mass is 10.3. The molecule has 0 bridgehead atoms. The van der Waals surface area contributed by atoms with Crippen molar-refractivity contribution in [3.8, 4) is 0 Å². The first-order valence-corrected chi connectivity index (χ1v) is 4.81. The van der Waals surface area contributed by atoms with Gasteiger partial charge >= 0.3 is 6.55 Å². The smallest absolute Gasteiger partial charge is 0.333 e. The molecule has 1 aliphatic heterocycles. The maximum absolute atomic E-state index is 12.4. The molecule has 2 heterocycles. The number of aromatic nitrogens is 2. The van der Waals surface area contributed by atoms with E-state index in [1.54, 1.807) is 4.90 Å². The van der Waals surface area contributed by atoms with E-state index in [9.17, 15) is 13.6 Å². The van der Waals surface area contributed by atoms with Crippen LogP contribution in [0.3, 0.4) is 0 Å². The van der Waals surface area contributed by atoms with Gasteiger partial charge in [0.1, 0.15) is 5.69 Å². The number of nitrogens with zero attached hydrogens (tertiary/aromatic N) is 3. The summed E-state index contributed by atoms with van der Waals surface area (Å²) in [5.74, 6) is -0.356. The Balaban J connectivity index is 2.20. The fourth-order valence-electron chi connectivity index (χ4n) is 1.72. The van der Waals surface area contributed by atoms with Gasteiger partial charge < -0.3 is 4.90 Å². The maximum atomic E-state index is 12.4. The lowest BCUT2D eigenvalue weighted by Crippen LogP contribution is -2.30. The van der Waals surface area contributed by atoms with Crippen LogP contribution in [0.2, 0.25) is 0 Å². The van der Waals surface area contributed by atoms with E-state index in [0.717, 1.165) is 12.8 Å². The maximum Gasteiger partial charge on any atom is 0.333 e. The van der Waals surface area contributed by atoms with Gasteiger partial charge in [0.25, 0.3) is 5.91 Å². The third-order valence-electron chi connectivity index (χ3n) is 2.47. The van der Waals surface area contributed by atoms with Gasteiger partial charge in [-0.3, -0.25) is 4.79 Å². The monoisotopic (exact) mass is 215 g/mol. The average molecular weight is 215 g/mol. The Hall–Kier alpha value is -1.46. The van der Waals surface area contributed by atoms with E-state index < -0.39 is 6.55 Å². The van der Waals surface area contributed by atoms with Crippen LogP contribution in [0.15, 0.2) is 12.3 Å². The largest absolute Gasteiger partial charge is 0.337 e. The Bertz CT molecular complexity index is 358. The van der Waals surface area contributed by atoms with Gasteiger partial charge in [0, 0.05) is 19.3 Å². The number of carbonyl (C=O) groups excluding carboxylic acids is 1. The van der Waals surface area contributed by atoms with Gasteiger partial charge in [0.15, 0.2) is 0 Å². The summed E-state index contributed by atoms with van der Waals surface area (Å²) in [6, 6.07) is 1.33. The molecule has 0 aromatic carbocycles. The summed E-state index contributed by atoms with van der Waals surface area (Å²) in [5, 5.41) is 3.43. The van der Waals surface area contributed by atoms with Crippen molar-refractivity contribution >= 4 is 5.91 Å². The molecule has 4 nitrogen and oxygen atoms in total. The van der Waals surface area contributed by atoms with E-state index in [2.05, 4.69) is 5.10 Å². The number of hydrogen-bond donors (Lipinski definition) is 0. The van der Waals surface area contributed by atoms with Gasteiger partial charge in [-0.1, -0.05) is 0 Å². The quantitative estimate of drug-likeness (QED) is 0.750. The second-order valence-corrected chi connectivity index (χ2v) is 3.44. The van der Waals surface area contributed by atoms with Crippen molar-refractivity contribution in [1.82, 2.24) is 14.7 Å². The molecular weight excluding hydrogens is 204 g/mol. The SMILES string of the molecule is O=C(c1ccnn1C(F)F)N1CCCC1. The van der Waals surface area contributed by atoms with E-state index >= 15 is 0 Å². The summed E-state index contributed by atoms with van der Waals surface area (Å²) in [4.78, 5) is 13.3. The molecule has 1 amide bonds. The van der Waals surface area contributed by atoms with E-state index in [0.29, 0.717) is 17.8 Å². The molecule has 1 aromatic heterocycles. The van der Waals surface area contributed by atoms with Gasteiger partial charge in [-0.2, -0.15) is 18.6 Å². The lowest BCUT2D eigenvalue weighted by molar-refractivity contribution is 0.0474. The predicted molar refractivity (Wildman–Crippen MR) is 48.6 cm³/mol. The Morgan fingerprint density at radius 3 is 2.67 bits per heavy atom. The van der Waals surface area contributed by atoms with Crippen molar-refractivity contribution in [3.63, 3.8) is 0 Å². The number of rotatable bonds is 2. The average Bonchev–Trinajstić information content (AvgIpc) is 2.88. The minimum absolute atomic E-state index is 0.0353. The molecule has 0 unspecified atom stereocenters. The number of halogens is 2. The highest BCUT2D eigenvalue weighted by Crippen LogP contribution is 2.16. The summed E-state index contributed by atoms with van der Waals surface area (Å²) in [7, 11) is 0. The molecular formula is C9H11F2N3O. The molecule has 6 heteroatoms. The zero-order valence-corrected chi connectivity index (χ0v) is 8.07. The van der Waals surface area contributed by atoms with Crippen LogP contribution in [-0.4, -0.2) is 33.7 Å². The zero-order chi connectivity index (χ0) is 10.8. The third-order valence-corrected chi connectivity index (χ3v) is 2.47. The molecule has 0 saturated carbocycles. The number of carbonyl (C=O) groups is 1. The number of likely N-dealkylation sites (tertiary alicyclic amines) is 1. The molecule has 1 fully saturated rings. The van der Waals surface area contributed by atoms with Crippen LogP contribution in [0.1, 0.15) is 29.9 Å². The molecule has 0 aliphatic carbocycles. The van der Waals surface area contributed by atoms with Crippen LogP contribution < -0.4 is 0 Å². The molecule has 2 rings (SSSR count). The van der Waals surface area contributed by atoms with E-state index in [1.165, 1.54) is 12.3 Å². The van der Waals surface area contributed by atoms with Crippen molar-refractivity contribution < 1.29 is 13.6 Å². The van der Waals surface area contributed by atoms with Crippen molar-refractivity contribution in [3.05, 3.63) is 18.0 Å². The molecule has 1 aliphatic rings. The van der Waals surface area contributed by atoms with Gasteiger partial charge in [-0.05, 0) is 18.9 Å². The molecule has 82 valence electrons. The number of amides is 1. The molecule has 15 heavy (non-hydrogen) atoms. The first kappa shape index (κ1) is 10.1. The normalized spacial score (nSPS) is 16.3. The van der Waals surface area contributed by atoms with Gasteiger partial charge in [-0.15, -0.1) is 0 Å². The molecule has 1 saturated heterocycles. The zero-order valence-electron chi connectivity index (χ0n) is 8.07. The molecule has 0 spiro atoms. The number of alkyl halides is 2. The van der Waals surface area contributed by atoms with Gasteiger partial charge in [-0.25, -0.2) is 0 Å². The summed E-state index contributed by atoms with van der Waals surface area (Å²) >= 11 is 0. The van der Waals surface area contributed by atoms with Crippen molar-refractivity contribution in [2.45, 2.75) is 19.4 Å². The fraction of sp³-hybridized carbons (Fsp3) is 0.556. The Morgan fingerprint density at radius 2 is 2.07 bits per heavy atom. The van der Waals surface area contributed by atoms with E-state index in [4.69, 9.17) is 0 Å². The number of hydrogen-bond acceptors (Lipinski definition) is 2. The highest BCUT2D eigenvalue weighted by molar-refractivity contribution is 5.92. The highest BCUT2D eigenvalue weighted by atomic mass is 19.3. The van der Waals surface area contributed by atoms with Crippen LogP contribution in [0.5, 0.6) is 0 Å². The summed E-state index contributed by atoms with van der Waals surface area (Å²) in [6.07, 6.45) is 3.10. The van der Waals surface area contributed by atoms with Crippen LogP contribution >= 0.6 is 0 Å². The lowest BCUT2D eigenvalue weighted by Gasteiger charge is -2.15. The third kappa shape index (κ3) is 1.84. The van der Waals surface area contributed by atoms with Crippen molar-refractivity contribution in [2.24, 2.45) is 0 Å².